The summed E-state index contributed by atoms with van der Waals surface area (Å²) < 4.78 is 0. The number of aliphatic imine (C=N–C) groups is 1. The van der Waals surface area contributed by atoms with Crippen LogP contribution in [0.4, 0.5) is 5.69 Å². The highest BCUT2D eigenvalue weighted by atomic mass is 35.5. The van der Waals surface area contributed by atoms with E-state index in [0.29, 0.717) is 6.04 Å². The summed E-state index contributed by atoms with van der Waals surface area (Å²) in [5.74, 6) is 0.894. The van der Waals surface area contributed by atoms with Gasteiger partial charge in [-0.2, -0.15) is 0 Å². The van der Waals surface area contributed by atoms with Gasteiger partial charge < -0.3 is 4.90 Å². The van der Waals surface area contributed by atoms with Crippen LogP contribution in [-0.4, -0.2) is 16.8 Å². The predicted octanol–water partition coefficient (Wildman–Crippen LogP) is 6.73. The molecule has 2 aromatic rings. The van der Waals surface area contributed by atoms with Crippen molar-refractivity contribution in [3.05, 3.63) is 76.5 Å². The van der Waals surface area contributed by atoms with Crippen LogP contribution in [0.15, 0.2) is 54.2 Å². The molecule has 3 rings (SSSR count). The van der Waals surface area contributed by atoms with Gasteiger partial charge in [0.2, 0.25) is 0 Å². The van der Waals surface area contributed by atoms with Gasteiger partial charge in [-0.15, -0.1) is 0 Å². The minimum Gasteiger partial charge on any atom is -0.330 e. The second kappa shape index (κ2) is 8.09. The Morgan fingerprint density at radius 2 is 1.73 bits per heavy atom. The van der Waals surface area contributed by atoms with Gasteiger partial charge in [0, 0.05) is 11.6 Å². The Bertz CT molecular complexity index is 832. The van der Waals surface area contributed by atoms with Crippen LogP contribution in [0.2, 0.25) is 5.02 Å². The Balaban J connectivity index is 2.16. The number of amidine groups is 1. The van der Waals surface area contributed by atoms with Crippen molar-refractivity contribution in [2.75, 3.05) is 0 Å². The van der Waals surface area contributed by atoms with Crippen LogP contribution in [-0.2, 0) is 0 Å². The van der Waals surface area contributed by atoms with Crippen molar-refractivity contribution in [1.82, 2.24) is 4.90 Å². The maximum absolute atomic E-state index is 6.63. The second-order valence-corrected chi connectivity index (χ2v) is 7.64. The van der Waals surface area contributed by atoms with E-state index < -0.39 is 0 Å². The van der Waals surface area contributed by atoms with Crippen LogP contribution in [0.1, 0.15) is 47.9 Å². The average molecular weight is 367 g/mol. The molecule has 26 heavy (non-hydrogen) atoms. The van der Waals surface area contributed by atoms with E-state index in [-0.39, 0.29) is 0 Å². The van der Waals surface area contributed by atoms with E-state index in [2.05, 4.69) is 62.6 Å². The quantitative estimate of drug-likeness (QED) is 0.432. The highest BCUT2D eigenvalue weighted by molar-refractivity contribution is 6.34. The molecule has 0 radical (unpaired) electrons. The minimum atomic E-state index is 0.439. The lowest BCUT2D eigenvalue weighted by molar-refractivity contribution is 0.409. The van der Waals surface area contributed by atoms with E-state index in [4.69, 9.17) is 16.6 Å². The Morgan fingerprint density at radius 1 is 1.08 bits per heavy atom. The van der Waals surface area contributed by atoms with Gasteiger partial charge in [0.25, 0.3) is 0 Å². The summed E-state index contributed by atoms with van der Waals surface area (Å²) in [6.07, 6.45) is 6.76. The number of nitrogens with zero attached hydrogens (tertiary/aromatic N) is 2. The van der Waals surface area contributed by atoms with Crippen molar-refractivity contribution in [2.24, 2.45) is 4.99 Å². The molecule has 1 aliphatic rings. The SMILES string of the molecule is C=CN(C(=Nc1cc(C)ccc1C)c1ccc(C)cc1Cl)C1CCCC1. The van der Waals surface area contributed by atoms with E-state index in [9.17, 15) is 0 Å². The van der Waals surface area contributed by atoms with E-state index >= 15 is 0 Å². The van der Waals surface area contributed by atoms with Gasteiger partial charge in [0.15, 0.2) is 0 Å². The number of rotatable bonds is 4. The summed E-state index contributed by atoms with van der Waals surface area (Å²) in [5, 5.41) is 0.735. The molecule has 0 unspecified atom stereocenters. The molecule has 0 N–H and O–H groups in total. The summed E-state index contributed by atoms with van der Waals surface area (Å²) in [6.45, 7) is 10.3. The highest BCUT2D eigenvalue weighted by Crippen LogP contribution is 2.30. The van der Waals surface area contributed by atoms with Crippen molar-refractivity contribution in [2.45, 2.75) is 52.5 Å². The molecular weight excluding hydrogens is 340 g/mol. The number of hydrogen-bond acceptors (Lipinski definition) is 1. The predicted molar refractivity (Wildman–Crippen MR) is 113 cm³/mol. The fourth-order valence-electron chi connectivity index (χ4n) is 3.60. The lowest BCUT2D eigenvalue weighted by Crippen LogP contribution is -2.35. The first kappa shape index (κ1) is 18.7. The lowest BCUT2D eigenvalue weighted by atomic mass is 10.1. The van der Waals surface area contributed by atoms with Crippen LogP contribution in [0.25, 0.3) is 0 Å². The first-order chi connectivity index (χ1) is 12.5. The summed E-state index contributed by atoms with van der Waals surface area (Å²) in [5.41, 5.74) is 5.46. The zero-order chi connectivity index (χ0) is 18.7. The maximum Gasteiger partial charge on any atom is 0.142 e. The first-order valence-electron chi connectivity index (χ1n) is 9.33. The molecule has 2 aromatic carbocycles. The largest absolute Gasteiger partial charge is 0.330 e. The van der Waals surface area contributed by atoms with Gasteiger partial charge in [-0.3, -0.25) is 0 Å². The number of aryl methyl sites for hydroxylation is 3. The van der Waals surface area contributed by atoms with Crippen molar-refractivity contribution in [3.8, 4) is 0 Å². The first-order valence-corrected chi connectivity index (χ1v) is 9.70. The summed E-state index contributed by atoms with van der Waals surface area (Å²) in [4.78, 5) is 7.31. The zero-order valence-corrected chi connectivity index (χ0v) is 16.7. The van der Waals surface area contributed by atoms with Crippen LogP contribution in [0.5, 0.6) is 0 Å². The molecule has 1 fully saturated rings. The third kappa shape index (κ3) is 4.02. The van der Waals surface area contributed by atoms with Crippen LogP contribution < -0.4 is 0 Å². The lowest BCUT2D eigenvalue weighted by Gasteiger charge is -2.29. The molecule has 0 heterocycles. The Kier molecular flexibility index (Phi) is 5.83. The van der Waals surface area contributed by atoms with Crippen LogP contribution in [0, 0.1) is 20.8 Å². The third-order valence-corrected chi connectivity index (χ3v) is 5.43. The van der Waals surface area contributed by atoms with E-state index in [1.807, 2.05) is 12.3 Å². The van der Waals surface area contributed by atoms with E-state index in [1.54, 1.807) is 0 Å². The van der Waals surface area contributed by atoms with Gasteiger partial charge in [-0.05, 0) is 74.7 Å². The van der Waals surface area contributed by atoms with Gasteiger partial charge in [-0.1, -0.05) is 49.2 Å². The van der Waals surface area contributed by atoms with Gasteiger partial charge in [0.05, 0.1) is 10.7 Å². The average Bonchev–Trinajstić information content (AvgIpc) is 3.12. The number of halogens is 1. The molecule has 0 saturated heterocycles. The Hall–Kier alpha value is -2.06. The fraction of sp³-hybridized carbons (Fsp3) is 0.348. The Labute approximate surface area is 162 Å². The topological polar surface area (TPSA) is 15.6 Å². The molecule has 136 valence electrons. The fourth-order valence-corrected chi connectivity index (χ4v) is 3.92. The summed E-state index contributed by atoms with van der Waals surface area (Å²) in [7, 11) is 0. The molecule has 0 aromatic heterocycles. The Morgan fingerprint density at radius 3 is 2.38 bits per heavy atom. The molecule has 0 amide bonds. The van der Waals surface area contributed by atoms with Gasteiger partial charge >= 0.3 is 0 Å². The molecule has 0 atom stereocenters. The molecule has 0 spiro atoms. The molecule has 3 heteroatoms. The van der Waals surface area contributed by atoms with Crippen molar-refractivity contribution < 1.29 is 0 Å². The number of benzene rings is 2. The van der Waals surface area contributed by atoms with Crippen molar-refractivity contribution in [3.63, 3.8) is 0 Å². The van der Waals surface area contributed by atoms with Crippen molar-refractivity contribution in [1.29, 1.82) is 0 Å². The molecule has 0 aliphatic heterocycles. The number of hydrogen-bond donors (Lipinski definition) is 0. The van der Waals surface area contributed by atoms with Gasteiger partial charge in [0.1, 0.15) is 5.84 Å². The summed E-state index contributed by atoms with van der Waals surface area (Å²) in [6, 6.07) is 13.0. The maximum atomic E-state index is 6.63. The smallest absolute Gasteiger partial charge is 0.142 e. The molecule has 2 nitrogen and oxygen atoms in total. The van der Waals surface area contributed by atoms with Crippen molar-refractivity contribution >= 4 is 23.1 Å². The molecule has 0 bridgehead atoms. The van der Waals surface area contributed by atoms with Crippen LogP contribution in [0.3, 0.4) is 0 Å². The molecule has 1 aliphatic carbocycles. The highest BCUT2D eigenvalue weighted by Gasteiger charge is 2.25. The standard InChI is InChI=1S/C23H27ClN2/c1-5-26(19-8-6-7-9-19)23(20-13-11-16(2)14-21(20)24)25-22-15-17(3)10-12-18(22)4/h5,10-15,19H,1,6-9H2,2-4H3. The van der Waals surface area contributed by atoms with E-state index in [0.717, 1.165) is 33.2 Å². The normalized spacial score (nSPS) is 15.3. The van der Waals surface area contributed by atoms with Gasteiger partial charge in [-0.25, -0.2) is 4.99 Å². The third-order valence-electron chi connectivity index (χ3n) is 5.12. The molecule has 1 saturated carbocycles. The zero-order valence-electron chi connectivity index (χ0n) is 15.9. The summed E-state index contributed by atoms with van der Waals surface area (Å²) >= 11 is 6.63. The second-order valence-electron chi connectivity index (χ2n) is 7.24. The van der Waals surface area contributed by atoms with Crippen LogP contribution >= 0.6 is 11.6 Å². The monoisotopic (exact) mass is 366 g/mol. The van der Waals surface area contributed by atoms with E-state index in [1.165, 1.54) is 31.2 Å². The molecular formula is C23H27ClN2. The minimum absolute atomic E-state index is 0.439.